The van der Waals surface area contributed by atoms with E-state index in [0.717, 1.165) is 6.42 Å². The highest BCUT2D eigenvalue weighted by Gasteiger charge is 2.25. The molecule has 19 heavy (non-hydrogen) atoms. The van der Waals surface area contributed by atoms with Crippen LogP contribution in [-0.4, -0.2) is 47.0 Å². The summed E-state index contributed by atoms with van der Waals surface area (Å²) in [6.45, 7) is 5.95. The Morgan fingerprint density at radius 1 is 1.26 bits per heavy atom. The molecule has 110 valence electrons. The minimum atomic E-state index is -1.29. The van der Waals surface area contributed by atoms with Crippen LogP contribution in [-0.2, 0) is 9.59 Å². The average Bonchev–Trinajstić information content (AvgIpc) is 2.25. The van der Waals surface area contributed by atoms with Crippen LogP contribution in [0.1, 0.15) is 33.6 Å². The standard InChI is InChI=1S/C12H23N3O4/c1-7(2)5-8(3)15(4)12(19)14-9(11(17)18)6-10(13)16/h7-9H,5-6H2,1-4H3,(H2,13,16)(H,14,19)(H,17,18). The summed E-state index contributed by atoms with van der Waals surface area (Å²) in [4.78, 5) is 34.9. The number of hydrogen-bond acceptors (Lipinski definition) is 3. The molecule has 0 spiro atoms. The van der Waals surface area contributed by atoms with Crippen molar-refractivity contribution in [2.45, 2.75) is 45.7 Å². The first kappa shape index (κ1) is 17.2. The lowest BCUT2D eigenvalue weighted by Gasteiger charge is -2.27. The molecule has 0 fully saturated rings. The van der Waals surface area contributed by atoms with E-state index in [9.17, 15) is 14.4 Å². The Morgan fingerprint density at radius 3 is 2.16 bits per heavy atom. The van der Waals surface area contributed by atoms with Gasteiger partial charge in [-0.3, -0.25) is 4.79 Å². The molecule has 7 nitrogen and oxygen atoms in total. The lowest BCUT2D eigenvalue weighted by Crippen LogP contribution is -2.50. The zero-order valence-corrected chi connectivity index (χ0v) is 11.8. The summed E-state index contributed by atoms with van der Waals surface area (Å²) in [5.41, 5.74) is 4.94. The van der Waals surface area contributed by atoms with Crippen LogP contribution in [0, 0.1) is 5.92 Å². The molecule has 2 unspecified atom stereocenters. The van der Waals surface area contributed by atoms with Gasteiger partial charge in [0.25, 0.3) is 0 Å². The molecule has 0 aliphatic heterocycles. The molecule has 0 aromatic carbocycles. The van der Waals surface area contributed by atoms with Crippen LogP contribution in [0.25, 0.3) is 0 Å². The van der Waals surface area contributed by atoms with Crippen LogP contribution in [0.5, 0.6) is 0 Å². The molecule has 3 amide bonds. The smallest absolute Gasteiger partial charge is 0.326 e. The molecule has 0 saturated heterocycles. The molecular weight excluding hydrogens is 250 g/mol. The summed E-state index contributed by atoms with van der Waals surface area (Å²) >= 11 is 0. The van der Waals surface area contributed by atoms with E-state index in [0.29, 0.717) is 5.92 Å². The Hall–Kier alpha value is -1.79. The minimum Gasteiger partial charge on any atom is -0.480 e. The highest BCUT2D eigenvalue weighted by atomic mass is 16.4. The molecule has 0 bridgehead atoms. The second-order valence-electron chi connectivity index (χ2n) is 5.10. The minimum absolute atomic E-state index is 0.0250. The molecule has 0 aromatic heterocycles. The van der Waals surface area contributed by atoms with Crippen molar-refractivity contribution in [1.82, 2.24) is 10.2 Å². The number of amides is 3. The van der Waals surface area contributed by atoms with E-state index in [2.05, 4.69) is 5.32 Å². The molecule has 0 rings (SSSR count). The SMILES string of the molecule is CC(C)CC(C)N(C)C(=O)NC(CC(N)=O)C(=O)O. The number of primary amides is 1. The Bertz CT molecular complexity index is 344. The number of urea groups is 1. The van der Waals surface area contributed by atoms with Gasteiger partial charge in [0.2, 0.25) is 5.91 Å². The van der Waals surface area contributed by atoms with Gasteiger partial charge < -0.3 is 21.1 Å². The molecule has 0 aliphatic rings. The zero-order valence-electron chi connectivity index (χ0n) is 11.8. The molecule has 0 aromatic rings. The zero-order chi connectivity index (χ0) is 15.2. The molecule has 4 N–H and O–H groups in total. The number of nitrogens with zero attached hydrogens (tertiary/aromatic N) is 1. The first-order chi connectivity index (χ1) is 8.65. The van der Waals surface area contributed by atoms with Crippen LogP contribution in [0.3, 0.4) is 0 Å². The predicted octanol–water partition coefficient (Wildman–Crippen LogP) is 0.391. The maximum Gasteiger partial charge on any atom is 0.326 e. The van der Waals surface area contributed by atoms with Crippen LogP contribution in [0.4, 0.5) is 4.79 Å². The lowest BCUT2D eigenvalue weighted by atomic mass is 10.0. The third kappa shape index (κ3) is 6.64. The monoisotopic (exact) mass is 273 g/mol. The molecule has 0 aliphatic carbocycles. The number of aliphatic carboxylic acids is 1. The predicted molar refractivity (Wildman–Crippen MR) is 70.4 cm³/mol. The number of hydrogen-bond donors (Lipinski definition) is 3. The van der Waals surface area contributed by atoms with Gasteiger partial charge in [0.15, 0.2) is 0 Å². The summed E-state index contributed by atoms with van der Waals surface area (Å²) in [5, 5.41) is 11.2. The van der Waals surface area contributed by atoms with E-state index in [4.69, 9.17) is 10.8 Å². The van der Waals surface area contributed by atoms with Crippen molar-refractivity contribution in [1.29, 1.82) is 0 Å². The van der Waals surface area contributed by atoms with Crippen molar-refractivity contribution in [3.63, 3.8) is 0 Å². The van der Waals surface area contributed by atoms with E-state index < -0.39 is 30.4 Å². The van der Waals surface area contributed by atoms with Crippen molar-refractivity contribution in [2.24, 2.45) is 11.7 Å². The lowest BCUT2D eigenvalue weighted by molar-refractivity contribution is -0.141. The third-order valence-corrected chi connectivity index (χ3v) is 2.80. The van der Waals surface area contributed by atoms with Crippen molar-refractivity contribution < 1.29 is 19.5 Å². The fourth-order valence-electron chi connectivity index (χ4n) is 1.69. The number of carbonyl (C=O) groups excluding carboxylic acids is 2. The number of rotatable bonds is 7. The van der Waals surface area contributed by atoms with Crippen molar-refractivity contribution >= 4 is 17.9 Å². The van der Waals surface area contributed by atoms with Gasteiger partial charge in [-0.25, -0.2) is 9.59 Å². The quantitative estimate of drug-likeness (QED) is 0.622. The Balaban J connectivity index is 4.54. The van der Waals surface area contributed by atoms with E-state index in [1.165, 1.54) is 4.90 Å². The summed E-state index contributed by atoms with van der Waals surface area (Å²) < 4.78 is 0. The maximum atomic E-state index is 11.9. The van der Waals surface area contributed by atoms with Gasteiger partial charge in [0.1, 0.15) is 6.04 Å². The Kier molecular flexibility index (Phi) is 6.89. The summed E-state index contributed by atoms with van der Waals surface area (Å²) in [6, 6.07) is -1.84. The Labute approximate surface area is 113 Å². The second kappa shape index (κ2) is 7.60. The number of nitrogens with one attached hydrogen (secondary N) is 1. The number of carboxylic acids is 1. The van der Waals surface area contributed by atoms with Gasteiger partial charge in [-0.1, -0.05) is 13.8 Å². The first-order valence-electron chi connectivity index (χ1n) is 6.19. The van der Waals surface area contributed by atoms with Gasteiger partial charge in [-0.2, -0.15) is 0 Å². The molecule has 7 heteroatoms. The third-order valence-electron chi connectivity index (χ3n) is 2.80. The highest BCUT2D eigenvalue weighted by molar-refractivity contribution is 5.87. The van der Waals surface area contributed by atoms with Crippen LogP contribution >= 0.6 is 0 Å². The average molecular weight is 273 g/mol. The van der Waals surface area contributed by atoms with E-state index in [1.54, 1.807) is 7.05 Å². The number of carbonyl (C=O) groups is 3. The second-order valence-corrected chi connectivity index (χ2v) is 5.10. The number of carboxylic acid groups (broad SMARTS) is 1. The van der Waals surface area contributed by atoms with Gasteiger partial charge >= 0.3 is 12.0 Å². The van der Waals surface area contributed by atoms with E-state index in [1.807, 2.05) is 20.8 Å². The van der Waals surface area contributed by atoms with E-state index >= 15 is 0 Å². The summed E-state index contributed by atoms with van der Waals surface area (Å²) in [6.07, 6.45) is 0.380. The van der Waals surface area contributed by atoms with E-state index in [-0.39, 0.29) is 6.04 Å². The maximum absolute atomic E-state index is 11.9. The summed E-state index contributed by atoms with van der Waals surface area (Å²) in [7, 11) is 1.59. The molecular formula is C12H23N3O4. The largest absolute Gasteiger partial charge is 0.480 e. The van der Waals surface area contributed by atoms with Gasteiger partial charge in [0.05, 0.1) is 6.42 Å². The molecule has 0 saturated carbocycles. The highest BCUT2D eigenvalue weighted by Crippen LogP contribution is 2.09. The normalized spacial score (nSPS) is 13.7. The topological polar surface area (TPSA) is 113 Å². The Morgan fingerprint density at radius 2 is 1.79 bits per heavy atom. The first-order valence-corrected chi connectivity index (χ1v) is 6.19. The fraction of sp³-hybridized carbons (Fsp3) is 0.750. The van der Waals surface area contributed by atoms with Crippen LogP contribution in [0.15, 0.2) is 0 Å². The molecule has 0 heterocycles. The van der Waals surface area contributed by atoms with Gasteiger partial charge in [-0.15, -0.1) is 0 Å². The van der Waals surface area contributed by atoms with Crippen molar-refractivity contribution in [3.8, 4) is 0 Å². The van der Waals surface area contributed by atoms with Crippen molar-refractivity contribution in [3.05, 3.63) is 0 Å². The van der Waals surface area contributed by atoms with Crippen LogP contribution in [0.2, 0.25) is 0 Å². The molecule has 0 radical (unpaired) electrons. The van der Waals surface area contributed by atoms with Crippen LogP contribution < -0.4 is 11.1 Å². The van der Waals surface area contributed by atoms with Gasteiger partial charge in [0, 0.05) is 13.1 Å². The van der Waals surface area contributed by atoms with Gasteiger partial charge in [-0.05, 0) is 19.3 Å². The fourth-order valence-corrected chi connectivity index (χ4v) is 1.69. The summed E-state index contributed by atoms with van der Waals surface area (Å²) in [5.74, 6) is -1.63. The van der Waals surface area contributed by atoms with Crippen molar-refractivity contribution in [2.75, 3.05) is 7.05 Å². The number of nitrogens with two attached hydrogens (primary N) is 1. The molecule has 2 atom stereocenters.